The summed E-state index contributed by atoms with van der Waals surface area (Å²) < 4.78 is 29.4. The molecule has 1 aromatic heterocycles. The molecule has 1 atom stereocenters. The Balaban J connectivity index is 1.75. The maximum Gasteiger partial charge on any atom is 0.335 e. The SMILES string of the molecule is CCS(=O)(=O)c1nnc([C@H](Cc2ccccc2)NC(=O)CCc2ccccc2)o1. The van der Waals surface area contributed by atoms with Crippen molar-refractivity contribution in [1.29, 1.82) is 0 Å². The number of aromatic nitrogens is 2. The molecule has 2 aromatic carbocycles. The molecule has 1 heterocycles. The molecular formula is C21H23N3O4S. The third kappa shape index (κ3) is 5.74. The number of nitrogens with one attached hydrogen (secondary N) is 1. The van der Waals surface area contributed by atoms with E-state index in [1.807, 2.05) is 60.7 Å². The highest BCUT2D eigenvalue weighted by molar-refractivity contribution is 7.91. The van der Waals surface area contributed by atoms with Crippen molar-refractivity contribution in [2.24, 2.45) is 0 Å². The van der Waals surface area contributed by atoms with Gasteiger partial charge in [-0.25, -0.2) is 8.42 Å². The summed E-state index contributed by atoms with van der Waals surface area (Å²) in [6, 6.07) is 18.6. The van der Waals surface area contributed by atoms with Crippen molar-refractivity contribution in [2.45, 2.75) is 37.5 Å². The monoisotopic (exact) mass is 413 g/mol. The molecule has 0 fully saturated rings. The van der Waals surface area contributed by atoms with Gasteiger partial charge >= 0.3 is 5.22 Å². The summed E-state index contributed by atoms with van der Waals surface area (Å²) in [5, 5.41) is 10.0. The number of aryl methyl sites for hydroxylation is 1. The molecule has 7 nitrogen and oxygen atoms in total. The standard InChI is InChI=1S/C21H23N3O4S/c1-2-29(26,27)21-24-23-20(28-21)18(15-17-11-7-4-8-12-17)22-19(25)14-13-16-9-5-3-6-10-16/h3-12,18H,2,13-15H2,1H3,(H,22,25)/t18-/m0/s1. The van der Waals surface area contributed by atoms with Crippen LogP contribution < -0.4 is 5.32 Å². The summed E-state index contributed by atoms with van der Waals surface area (Å²) in [4.78, 5) is 12.5. The molecule has 0 saturated carbocycles. The van der Waals surface area contributed by atoms with Crippen LogP contribution in [0.5, 0.6) is 0 Å². The summed E-state index contributed by atoms with van der Waals surface area (Å²) in [6.07, 6.45) is 1.30. The maximum atomic E-state index is 12.5. The third-order valence-corrected chi connectivity index (χ3v) is 5.92. The van der Waals surface area contributed by atoms with Crippen LogP contribution in [0.15, 0.2) is 70.3 Å². The quantitative estimate of drug-likeness (QED) is 0.579. The minimum Gasteiger partial charge on any atom is -0.410 e. The number of sulfone groups is 1. The summed E-state index contributed by atoms with van der Waals surface area (Å²) in [7, 11) is -3.61. The zero-order chi connectivity index (χ0) is 20.7. The van der Waals surface area contributed by atoms with Crippen molar-refractivity contribution in [3.8, 4) is 0 Å². The van der Waals surface area contributed by atoms with Crippen LogP contribution in [0.1, 0.15) is 36.4 Å². The summed E-state index contributed by atoms with van der Waals surface area (Å²) in [5.41, 5.74) is 2.02. The molecule has 0 aliphatic rings. The number of carbonyl (C=O) groups is 1. The van der Waals surface area contributed by atoms with Gasteiger partial charge in [0.05, 0.1) is 5.75 Å². The highest BCUT2D eigenvalue weighted by Crippen LogP contribution is 2.20. The van der Waals surface area contributed by atoms with E-state index in [-0.39, 0.29) is 17.6 Å². The van der Waals surface area contributed by atoms with Gasteiger partial charge in [-0.2, -0.15) is 0 Å². The number of carbonyl (C=O) groups excluding carboxylic acids is 1. The topological polar surface area (TPSA) is 102 Å². The second kappa shape index (κ2) is 9.47. The molecule has 3 rings (SSSR count). The molecule has 0 unspecified atom stereocenters. The van der Waals surface area contributed by atoms with Crippen LogP contribution in [0.3, 0.4) is 0 Å². The average Bonchev–Trinajstić information content (AvgIpc) is 3.25. The molecule has 0 spiro atoms. The first kappa shape index (κ1) is 20.7. The van der Waals surface area contributed by atoms with Crippen molar-refractivity contribution in [3.63, 3.8) is 0 Å². The van der Waals surface area contributed by atoms with Crippen LogP contribution in [-0.2, 0) is 27.5 Å². The molecule has 1 N–H and O–H groups in total. The number of hydrogen-bond donors (Lipinski definition) is 1. The van der Waals surface area contributed by atoms with Crippen molar-refractivity contribution < 1.29 is 17.6 Å². The minimum absolute atomic E-state index is 0.0777. The first-order valence-corrected chi connectivity index (χ1v) is 11.1. The summed E-state index contributed by atoms with van der Waals surface area (Å²) in [6.45, 7) is 1.51. The fourth-order valence-electron chi connectivity index (χ4n) is 2.83. The predicted molar refractivity (Wildman–Crippen MR) is 108 cm³/mol. The van der Waals surface area contributed by atoms with E-state index in [4.69, 9.17) is 4.42 Å². The smallest absolute Gasteiger partial charge is 0.335 e. The number of amides is 1. The Morgan fingerprint density at radius 2 is 1.62 bits per heavy atom. The van der Waals surface area contributed by atoms with Gasteiger partial charge in [-0.05, 0) is 17.5 Å². The Bertz CT molecular complexity index is 1030. The van der Waals surface area contributed by atoms with E-state index < -0.39 is 21.1 Å². The molecule has 0 saturated heterocycles. The van der Waals surface area contributed by atoms with Crippen molar-refractivity contribution >= 4 is 15.7 Å². The fraction of sp³-hybridized carbons (Fsp3) is 0.286. The predicted octanol–water partition coefficient (Wildman–Crippen LogP) is 2.90. The molecule has 0 radical (unpaired) electrons. The van der Waals surface area contributed by atoms with E-state index in [2.05, 4.69) is 15.5 Å². The van der Waals surface area contributed by atoms with Gasteiger partial charge in [0, 0.05) is 12.8 Å². The fourth-order valence-corrected chi connectivity index (χ4v) is 3.45. The Morgan fingerprint density at radius 1 is 1.00 bits per heavy atom. The number of rotatable bonds is 9. The Morgan fingerprint density at radius 3 is 2.24 bits per heavy atom. The van der Waals surface area contributed by atoms with Gasteiger partial charge in [-0.3, -0.25) is 4.79 Å². The first-order valence-electron chi connectivity index (χ1n) is 9.41. The zero-order valence-electron chi connectivity index (χ0n) is 16.1. The highest BCUT2D eigenvalue weighted by atomic mass is 32.2. The van der Waals surface area contributed by atoms with Crippen molar-refractivity contribution in [3.05, 3.63) is 77.7 Å². The molecule has 0 aliphatic heterocycles. The molecule has 29 heavy (non-hydrogen) atoms. The zero-order valence-corrected chi connectivity index (χ0v) is 16.9. The second-order valence-electron chi connectivity index (χ2n) is 6.61. The molecule has 3 aromatic rings. The van der Waals surface area contributed by atoms with Crippen molar-refractivity contribution in [2.75, 3.05) is 5.75 Å². The van der Waals surface area contributed by atoms with E-state index >= 15 is 0 Å². The van der Waals surface area contributed by atoms with Crippen LogP contribution >= 0.6 is 0 Å². The lowest BCUT2D eigenvalue weighted by atomic mass is 10.1. The van der Waals surface area contributed by atoms with Crippen LogP contribution in [0.25, 0.3) is 0 Å². The van der Waals surface area contributed by atoms with Gasteiger partial charge in [-0.1, -0.05) is 72.7 Å². The Kier molecular flexibility index (Phi) is 6.77. The lowest BCUT2D eigenvalue weighted by Crippen LogP contribution is -2.30. The van der Waals surface area contributed by atoms with Gasteiger partial charge in [-0.15, -0.1) is 5.10 Å². The van der Waals surface area contributed by atoms with E-state index in [9.17, 15) is 13.2 Å². The number of hydrogen-bond acceptors (Lipinski definition) is 6. The second-order valence-corrected chi connectivity index (χ2v) is 8.76. The third-order valence-electron chi connectivity index (χ3n) is 4.47. The Labute approximate surface area is 170 Å². The number of benzene rings is 2. The average molecular weight is 413 g/mol. The molecule has 0 aliphatic carbocycles. The van der Waals surface area contributed by atoms with Gasteiger partial charge in [0.15, 0.2) is 0 Å². The lowest BCUT2D eigenvalue weighted by molar-refractivity contribution is -0.122. The molecule has 0 bridgehead atoms. The van der Waals surface area contributed by atoms with Gasteiger partial charge in [0.2, 0.25) is 21.6 Å². The molecular weight excluding hydrogens is 390 g/mol. The maximum absolute atomic E-state index is 12.5. The van der Waals surface area contributed by atoms with Crippen LogP contribution in [0, 0.1) is 0 Å². The van der Waals surface area contributed by atoms with Gasteiger partial charge in [0.1, 0.15) is 6.04 Å². The summed E-state index contributed by atoms with van der Waals surface area (Å²) in [5.74, 6) is -0.233. The van der Waals surface area contributed by atoms with Crippen LogP contribution in [0.4, 0.5) is 0 Å². The minimum atomic E-state index is -3.61. The lowest BCUT2D eigenvalue weighted by Gasteiger charge is -2.15. The van der Waals surface area contributed by atoms with Crippen molar-refractivity contribution in [1.82, 2.24) is 15.5 Å². The van der Waals surface area contributed by atoms with Gasteiger partial charge in [0.25, 0.3) is 0 Å². The highest BCUT2D eigenvalue weighted by Gasteiger charge is 2.26. The van der Waals surface area contributed by atoms with E-state index in [1.54, 1.807) is 0 Å². The molecule has 152 valence electrons. The van der Waals surface area contributed by atoms with E-state index in [0.29, 0.717) is 19.3 Å². The first-order chi connectivity index (χ1) is 14.0. The molecule has 8 heteroatoms. The van der Waals surface area contributed by atoms with Crippen LogP contribution in [0.2, 0.25) is 0 Å². The van der Waals surface area contributed by atoms with Gasteiger partial charge < -0.3 is 9.73 Å². The van der Waals surface area contributed by atoms with E-state index in [0.717, 1.165) is 11.1 Å². The summed E-state index contributed by atoms with van der Waals surface area (Å²) >= 11 is 0. The number of nitrogens with zero attached hydrogens (tertiary/aromatic N) is 2. The normalized spacial score (nSPS) is 12.4. The largest absolute Gasteiger partial charge is 0.410 e. The Hall–Kier alpha value is -3.00. The van der Waals surface area contributed by atoms with E-state index in [1.165, 1.54) is 6.92 Å². The molecule has 1 amide bonds. The van der Waals surface area contributed by atoms with Crippen LogP contribution in [-0.4, -0.2) is 30.3 Å².